The predicted octanol–water partition coefficient (Wildman–Crippen LogP) is -1.90. The average Bonchev–Trinajstić information content (AvgIpc) is 3.07. The van der Waals surface area contributed by atoms with Crippen molar-refractivity contribution >= 4 is 6.41 Å². The SMILES string of the molecule is NN1C(N2CCCC2NC=O)=CC=CC1N1CC(O)C(O)C1. The summed E-state index contributed by atoms with van der Waals surface area (Å²) in [6.07, 6.45) is 6.63. The van der Waals surface area contributed by atoms with Gasteiger partial charge in [-0.15, -0.1) is 0 Å². The number of carbonyl (C=O) groups is 1. The molecule has 0 spiro atoms. The van der Waals surface area contributed by atoms with E-state index in [1.165, 1.54) is 0 Å². The van der Waals surface area contributed by atoms with E-state index in [-0.39, 0.29) is 12.3 Å². The van der Waals surface area contributed by atoms with E-state index in [4.69, 9.17) is 5.84 Å². The number of hydrazine groups is 1. The van der Waals surface area contributed by atoms with Crippen LogP contribution in [0.2, 0.25) is 0 Å². The Morgan fingerprint density at radius 1 is 1.32 bits per heavy atom. The third-order valence-corrected chi connectivity index (χ3v) is 4.55. The summed E-state index contributed by atoms with van der Waals surface area (Å²) in [4.78, 5) is 14.8. The molecule has 4 atom stereocenters. The first-order chi connectivity index (χ1) is 10.6. The molecule has 3 heterocycles. The van der Waals surface area contributed by atoms with Crippen molar-refractivity contribution in [3.05, 3.63) is 24.0 Å². The molecule has 1 amide bonds. The first-order valence-electron chi connectivity index (χ1n) is 7.60. The van der Waals surface area contributed by atoms with Gasteiger partial charge in [-0.1, -0.05) is 6.08 Å². The van der Waals surface area contributed by atoms with E-state index in [1.54, 1.807) is 5.01 Å². The number of likely N-dealkylation sites (tertiary alicyclic amines) is 2. The molecule has 22 heavy (non-hydrogen) atoms. The van der Waals surface area contributed by atoms with Crippen LogP contribution in [0.15, 0.2) is 24.0 Å². The molecule has 8 nitrogen and oxygen atoms in total. The Morgan fingerprint density at radius 2 is 2.05 bits per heavy atom. The quantitative estimate of drug-likeness (QED) is 0.355. The topological polar surface area (TPSA) is 105 Å². The Labute approximate surface area is 129 Å². The molecule has 0 aromatic heterocycles. The van der Waals surface area contributed by atoms with Gasteiger partial charge in [-0.3, -0.25) is 14.7 Å². The zero-order valence-electron chi connectivity index (χ0n) is 12.4. The highest BCUT2D eigenvalue weighted by Gasteiger charge is 2.38. The summed E-state index contributed by atoms with van der Waals surface area (Å²) in [6.45, 7) is 1.59. The van der Waals surface area contributed by atoms with Gasteiger partial charge in [0, 0.05) is 19.6 Å². The molecule has 0 radical (unpaired) electrons. The number of allylic oxidation sites excluding steroid dienone is 2. The van der Waals surface area contributed by atoms with Gasteiger partial charge < -0.3 is 20.4 Å². The Hall–Kier alpha value is -1.61. The number of aliphatic hydroxyl groups excluding tert-OH is 2. The lowest BCUT2D eigenvalue weighted by Gasteiger charge is -2.41. The summed E-state index contributed by atoms with van der Waals surface area (Å²) in [5, 5.41) is 23.9. The highest BCUT2D eigenvalue weighted by atomic mass is 16.3. The molecule has 4 unspecified atom stereocenters. The summed E-state index contributed by atoms with van der Waals surface area (Å²) < 4.78 is 0. The standard InChI is InChI=1S/C14H23N5O3/c15-19-13(17-7-10(21)11(22)8-17)4-1-5-14(19)18-6-2-3-12(18)16-9-20/h1,4-5,9-13,21-22H,2-3,6-8,15H2,(H,16,20). The molecule has 3 aliphatic heterocycles. The molecule has 3 rings (SSSR count). The van der Waals surface area contributed by atoms with E-state index < -0.39 is 12.2 Å². The van der Waals surface area contributed by atoms with Crippen LogP contribution in [0.5, 0.6) is 0 Å². The normalized spacial score (nSPS) is 35.9. The summed E-state index contributed by atoms with van der Waals surface area (Å²) in [6, 6.07) is 0. The second-order valence-corrected chi connectivity index (χ2v) is 5.96. The number of hydrogen-bond acceptors (Lipinski definition) is 7. The molecule has 2 saturated heterocycles. The molecular weight excluding hydrogens is 286 g/mol. The molecule has 0 aromatic carbocycles. The number of aliphatic hydroxyl groups is 2. The minimum absolute atomic E-state index is 0.0447. The van der Waals surface area contributed by atoms with Crippen LogP contribution >= 0.6 is 0 Å². The number of hydrogen-bond donors (Lipinski definition) is 4. The van der Waals surface area contributed by atoms with Gasteiger partial charge in [0.15, 0.2) is 0 Å². The summed E-state index contributed by atoms with van der Waals surface area (Å²) >= 11 is 0. The van der Waals surface area contributed by atoms with Gasteiger partial charge in [0.25, 0.3) is 0 Å². The summed E-state index contributed by atoms with van der Waals surface area (Å²) in [5.41, 5.74) is 0. The number of nitrogens with two attached hydrogens (primary N) is 1. The fourth-order valence-corrected chi connectivity index (χ4v) is 3.40. The third kappa shape index (κ3) is 2.70. The van der Waals surface area contributed by atoms with Gasteiger partial charge in [0.2, 0.25) is 6.41 Å². The van der Waals surface area contributed by atoms with Gasteiger partial charge in [-0.05, 0) is 25.0 Å². The maximum atomic E-state index is 10.7. The van der Waals surface area contributed by atoms with Crippen molar-refractivity contribution in [2.45, 2.75) is 37.4 Å². The van der Waals surface area contributed by atoms with Crippen LogP contribution in [0.25, 0.3) is 0 Å². The lowest BCUT2D eigenvalue weighted by Crippen LogP contribution is -2.55. The van der Waals surface area contributed by atoms with E-state index in [1.807, 2.05) is 23.1 Å². The summed E-state index contributed by atoms with van der Waals surface area (Å²) in [5.74, 6) is 7.12. The van der Waals surface area contributed by atoms with Crippen molar-refractivity contribution in [3.63, 3.8) is 0 Å². The largest absolute Gasteiger partial charge is 0.389 e. The fraction of sp³-hybridized carbons (Fsp3) is 0.643. The average molecular weight is 309 g/mol. The van der Waals surface area contributed by atoms with Crippen LogP contribution in [-0.4, -0.2) is 75.6 Å². The van der Waals surface area contributed by atoms with Crippen molar-refractivity contribution in [2.75, 3.05) is 19.6 Å². The Bertz CT molecular complexity index is 473. The number of carbonyl (C=O) groups excluding carboxylic acids is 1. The minimum Gasteiger partial charge on any atom is -0.389 e. The molecule has 122 valence electrons. The van der Waals surface area contributed by atoms with Gasteiger partial charge >= 0.3 is 0 Å². The van der Waals surface area contributed by atoms with E-state index in [9.17, 15) is 15.0 Å². The van der Waals surface area contributed by atoms with Gasteiger partial charge in [0.05, 0.1) is 12.2 Å². The fourth-order valence-electron chi connectivity index (χ4n) is 3.40. The van der Waals surface area contributed by atoms with Crippen LogP contribution in [0.3, 0.4) is 0 Å². The van der Waals surface area contributed by atoms with E-state index >= 15 is 0 Å². The third-order valence-electron chi connectivity index (χ3n) is 4.55. The van der Waals surface area contributed by atoms with E-state index in [0.29, 0.717) is 19.5 Å². The maximum Gasteiger partial charge on any atom is 0.208 e. The van der Waals surface area contributed by atoms with Crippen molar-refractivity contribution in [1.29, 1.82) is 0 Å². The molecule has 3 aliphatic rings. The lowest BCUT2D eigenvalue weighted by atomic mass is 10.2. The van der Waals surface area contributed by atoms with E-state index in [0.717, 1.165) is 25.2 Å². The monoisotopic (exact) mass is 309 g/mol. The van der Waals surface area contributed by atoms with Crippen molar-refractivity contribution < 1.29 is 15.0 Å². The number of rotatable bonds is 4. The Morgan fingerprint density at radius 3 is 2.73 bits per heavy atom. The molecule has 2 fully saturated rings. The number of β-amino-alcohol motifs (C(OH)–C–C–N with tert-alkyl or cyclic N) is 2. The number of nitrogens with zero attached hydrogens (tertiary/aromatic N) is 3. The molecule has 8 heteroatoms. The predicted molar refractivity (Wildman–Crippen MR) is 79.6 cm³/mol. The van der Waals surface area contributed by atoms with Crippen molar-refractivity contribution in [2.24, 2.45) is 5.84 Å². The van der Waals surface area contributed by atoms with E-state index in [2.05, 4.69) is 10.2 Å². The first kappa shape index (κ1) is 15.3. The molecule has 0 saturated carbocycles. The maximum absolute atomic E-state index is 10.7. The molecule has 0 aromatic rings. The number of nitrogens with one attached hydrogen (secondary N) is 1. The first-order valence-corrected chi connectivity index (χ1v) is 7.60. The van der Waals surface area contributed by atoms with Crippen LogP contribution in [0.4, 0.5) is 0 Å². The highest BCUT2D eigenvalue weighted by Crippen LogP contribution is 2.27. The van der Waals surface area contributed by atoms with Gasteiger partial charge in [-0.25, -0.2) is 5.84 Å². The zero-order chi connectivity index (χ0) is 15.7. The highest BCUT2D eigenvalue weighted by molar-refractivity contribution is 5.46. The Kier molecular flexibility index (Phi) is 4.34. The van der Waals surface area contributed by atoms with Crippen LogP contribution < -0.4 is 11.2 Å². The van der Waals surface area contributed by atoms with Crippen LogP contribution in [0, 0.1) is 0 Å². The number of amides is 1. The van der Waals surface area contributed by atoms with Gasteiger partial charge in [0.1, 0.15) is 18.2 Å². The summed E-state index contributed by atoms with van der Waals surface area (Å²) in [7, 11) is 0. The van der Waals surface area contributed by atoms with Gasteiger partial charge in [-0.2, -0.15) is 0 Å². The van der Waals surface area contributed by atoms with Crippen LogP contribution in [-0.2, 0) is 4.79 Å². The second-order valence-electron chi connectivity index (χ2n) is 5.96. The Balaban J connectivity index is 1.73. The van der Waals surface area contributed by atoms with Crippen LogP contribution in [0.1, 0.15) is 12.8 Å². The lowest BCUT2D eigenvalue weighted by molar-refractivity contribution is -0.111. The molecule has 0 bridgehead atoms. The van der Waals surface area contributed by atoms with Crippen molar-refractivity contribution in [3.8, 4) is 0 Å². The zero-order valence-corrected chi connectivity index (χ0v) is 12.4. The minimum atomic E-state index is -0.743. The molecule has 5 N–H and O–H groups in total. The smallest absolute Gasteiger partial charge is 0.208 e. The molecule has 0 aliphatic carbocycles. The molecular formula is C14H23N5O3. The van der Waals surface area contributed by atoms with Crippen molar-refractivity contribution in [1.82, 2.24) is 20.1 Å². The second kappa shape index (κ2) is 6.25.